The van der Waals surface area contributed by atoms with Gasteiger partial charge < -0.3 is 9.84 Å². The molecule has 0 saturated carbocycles. The van der Waals surface area contributed by atoms with Gasteiger partial charge in [0.25, 0.3) is 0 Å². The Hall–Kier alpha value is -1.78. The summed E-state index contributed by atoms with van der Waals surface area (Å²) >= 11 is 0. The van der Waals surface area contributed by atoms with Gasteiger partial charge >= 0.3 is 0 Å². The van der Waals surface area contributed by atoms with Crippen LogP contribution in [0.3, 0.4) is 0 Å². The molecule has 2 atom stereocenters. The fourth-order valence-corrected chi connectivity index (χ4v) is 2.29. The Morgan fingerprint density at radius 1 is 1.05 bits per heavy atom. The lowest BCUT2D eigenvalue weighted by Crippen LogP contribution is -2.24. The standard InChI is InChI=1S/C17H18F2O2/c1-2-21-17(12-7-4-3-5-8-12)15(20)11-13-9-6-10-14(18)16(13)19/h3-10,15,17,20H,2,11H2,1H3. The van der Waals surface area contributed by atoms with Crippen molar-refractivity contribution in [2.45, 2.75) is 25.6 Å². The van der Waals surface area contributed by atoms with Crippen molar-refractivity contribution in [3.8, 4) is 0 Å². The van der Waals surface area contributed by atoms with Crippen LogP contribution in [0.25, 0.3) is 0 Å². The normalized spacial score (nSPS) is 13.9. The van der Waals surface area contributed by atoms with Crippen molar-refractivity contribution in [2.75, 3.05) is 6.61 Å². The van der Waals surface area contributed by atoms with E-state index in [1.54, 1.807) is 0 Å². The van der Waals surface area contributed by atoms with E-state index in [-0.39, 0.29) is 12.0 Å². The lowest BCUT2D eigenvalue weighted by molar-refractivity contribution is -0.0343. The molecule has 4 heteroatoms. The highest BCUT2D eigenvalue weighted by Crippen LogP contribution is 2.25. The van der Waals surface area contributed by atoms with Crippen molar-refractivity contribution in [3.05, 3.63) is 71.3 Å². The van der Waals surface area contributed by atoms with E-state index in [1.807, 2.05) is 37.3 Å². The molecule has 2 nitrogen and oxygen atoms in total. The number of ether oxygens (including phenoxy) is 1. The molecule has 2 unspecified atom stereocenters. The molecule has 0 saturated heterocycles. The zero-order valence-corrected chi connectivity index (χ0v) is 11.8. The van der Waals surface area contributed by atoms with Crippen molar-refractivity contribution in [3.63, 3.8) is 0 Å². The molecule has 0 aromatic heterocycles. The number of benzene rings is 2. The second kappa shape index (κ2) is 7.29. The summed E-state index contributed by atoms with van der Waals surface area (Å²) < 4.78 is 32.5. The number of rotatable bonds is 6. The van der Waals surface area contributed by atoms with E-state index in [0.29, 0.717) is 6.61 Å². The zero-order chi connectivity index (χ0) is 15.2. The predicted octanol–water partition coefficient (Wildman–Crippen LogP) is 3.65. The number of hydrogen-bond acceptors (Lipinski definition) is 2. The molecule has 0 aliphatic carbocycles. The van der Waals surface area contributed by atoms with E-state index in [2.05, 4.69) is 0 Å². The summed E-state index contributed by atoms with van der Waals surface area (Å²) in [5.74, 6) is -1.83. The molecule has 0 spiro atoms. The van der Waals surface area contributed by atoms with Crippen LogP contribution >= 0.6 is 0 Å². The van der Waals surface area contributed by atoms with Crippen molar-refractivity contribution in [2.24, 2.45) is 0 Å². The molecule has 0 radical (unpaired) electrons. The molecule has 0 bridgehead atoms. The maximum atomic E-state index is 13.7. The first-order chi connectivity index (χ1) is 10.1. The minimum absolute atomic E-state index is 0.0108. The fraction of sp³-hybridized carbons (Fsp3) is 0.294. The van der Waals surface area contributed by atoms with Crippen LogP contribution < -0.4 is 0 Å². The van der Waals surface area contributed by atoms with Gasteiger partial charge in [-0.3, -0.25) is 0 Å². The van der Waals surface area contributed by atoms with Gasteiger partial charge in [0.05, 0.1) is 6.10 Å². The highest BCUT2D eigenvalue weighted by Gasteiger charge is 2.23. The maximum absolute atomic E-state index is 13.7. The second-order valence-corrected chi connectivity index (χ2v) is 4.77. The number of halogens is 2. The van der Waals surface area contributed by atoms with Gasteiger partial charge in [0, 0.05) is 13.0 Å². The molecule has 2 rings (SSSR count). The van der Waals surface area contributed by atoms with Gasteiger partial charge in [-0.05, 0) is 24.1 Å². The minimum atomic E-state index is -0.955. The summed E-state index contributed by atoms with van der Waals surface area (Å²) in [6.45, 7) is 2.24. The average Bonchev–Trinajstić information content (AvgIpc) is 2.50. The van der Waals surface area contributed by atoms with Gasteiger partial charge in [-0.1, -0.05) is 42.5 Å². The van der Waals surface area contributed by atoms with Gasteiger partial charge in [-0.2, -0.15) is 0 Å². The summed E-state index contributed by atoms with van der Waals surface area (Å²) in [6, 6.07) is 13.2. The minimum Gasteiger partial charge on any atom is -0.390 e. The Labute approximate surface area is 123 Å². The molecule has 0 aliphatic rings. The van der Waals surface area contributed by atoms with E-state index in [9.17, 15) is 13.9 Å². The summed E-state index contributed by atoms with van der Waals surface area (Å²) in [5, 5.41) is 10.3. The van der Waals surface area contributed by atoms with E-state index >= 15 is 0 Å². The molecule has 21 heavy (non-hydrogen) atoms. The Bertz CT molecular complexity index is 572. The zero-order valence-electron chi connectivity index (χ0n) is 11.8. The molecule has 0 aliphatic heterocycles. The van der Waals surface area contributed by atoms with Gasteiger partial charge in [0.15, 0.2) is 11.6 Å². The first-order valence-electron chi connectivity index (χ1n) is 6.91. The first kappa shape index (κ1) is 15.6. The van der Waals surface area contributed by atoms with E-state index < -0.39 is 23.8 Å². The summed E-state index contributed by atoms with van der Waals surface area (Å²) in [5.41, 5.74) is 0.951. The van der Waals surface area contributed by atoms with Gasteiger partial charge in [-0.15, -0.1) is 0 Å². The smallest absolute Gasteiger partial charge is 0.162 e. The summed E-state index contributed by atoms with van der Waals surface area (Å²) in [7, 11) is 0. The molecule has 1 N–H and O–H groups in total. The van der Waals surface area contributed by atoms with Gasteiger partial charge in [-0.25, -0.2) is 8.78 Å². The lowest BCUT2D eigenvalue weighted by Gasteiger charge is -2.23. The molecule has 2 aromatic carbocycles. The third kappa shape index (κ3) is 3.86. The fourth-order valence-electron chi connectivity index (χ4n) is 2.29. The monoisotopic (exact) mass is 292 g/mol. The number of hydrogen-bond donors (Lipinski definition) is 1. The van der Waals surface area contributed by atoms with Crippen LogP contribution in [0.4, 0.5) is 8.78 Å². The van der Waals surface area contributed by atoms with Crippen molar-refractivity contribution < 1.29 is 18.6 Å². The Morgan fingerprint density at radius 2 is 1.76 bits per heavy atom. The summed E-state index contributed by atoms with van der Waals surface area (Å²) in [4.78, 5) is 0. The van der Waals surface area contributed by atoms with Crippen molar-refractivity contribution in [1.82, 2.24) is 0 Å². The number of aliphatic hydroxyl groups excluding tert-OH is 1. The van der Waals surface area contributed by atoms with Crippen LogP contribution in [-0.2, 0) is 11.2 Å². The molecule has 2 aromatic rings. The highest BCUT2D eigenvalue weighted by atomic mass is 19.2. The van der Waals surface area contributed by atoms with E-state index in [1.165, 1.54) is 12.1 Å². The van der Waals surface area contributed by atoms with Crippen LogP contribution in [0, 0.1) is 11.6 Å². The van der Waals surface area contributed by atoms with E-state index in [0.717, 1.165) is 11.6 Å². The maximum Gasteiger partial charge on any atom is 0.162 e. The third-order valence-corrected chi connectivity index (χ3v) is 3.28. The molecule has 0 heterocycles. The van der Waals surface area contributed by atoms with Gasteiger partial charge in [0.2, 0.25) is 0 Å². The topological polar surface area (TPSA) is 29.5 Å². The van der Waals surface area contributed by atoms with Crippen LogP contribution in [0.15, 0.2) is 48.5 Å². The third-order valence-electron chi connectivity index (χ3n) is 3.28. The van der Waals surface area contributed by atoms with Gasteiger partial charge in [0.1, 0.15) is 6.10 Å². The molecular weight excluding hydrogens is 274 g/mol. The second-order valence-electron chi connectivity index (χ2n) is 4.77. The van der Waals surface area contributed by atoms with Crippen molar-refractivity contribution >= 4 is 0 Å². The Balaban J connectivity index is 2.19. The highest BCUT2D eigenvalue weighted by molar-refractivity contribution is 5.23. The predicted molar refractivity (Wildman–Crippen MR) is 76.9 cm³/mol. The largest absolute Gasteiger partial charge is 0.390 e. The van der Waals surface area contributed by atoms with Crippen LogP contribution in [0.2, 0.25) is 0 Å². The molecule has 112 valence electrons. The number of aliphatic hydroxyl groups is 1. The van der Waals surface area contributed by atoms with Crippen molar-refractivity contribution in [1.29, 1.82) is 0 Å². The Kier molecular flexibility index (Phi) is 5.42. The molecular formula is C17H18F2O2. The van der Waals surface area contributed by atoms with E-state index in [4.69, 9.17) is 4.74 Å². The first-order valence-corrected chi connectivity index (χ1v) is 6.91. The average molecular weight is 292 g/mol. The van der Waals surface area contributed by atoms with Crippen LogP contribution in [0.5, 0.6) is 0 Å². The summed E-state index contributed by atoms with van der Waals surface area (Å²) in [6.07, 6.45) is -1.54. The molecule has 0 amide bonds. The SMILES string of the molecule is CCOC(c1ccccc1)C(O)Cc1cccc(F)c1F. The lowest BCUT2D eigenvalue weighted by atomic mass is 9.98. The van der Waals surface area contributed by atoms with Crippen LogP contribution in [-0.4, -0.2) is 17.8 Å². The Morgan fingerprint density at radius 3 is 2.43 bits per heavy atom. The molecule has 0 fully saturated rings. The van der Waals surface area contributed by atoms with Crippen LogP contribution in [0.1, 0.15) is 24.2 Å². The quantitative estimate of drug-likeness (QED) is 0.880.